The Morgan fingerprint density at radius 2 is 1.91 bits per heavy atom. The highest BCUT2D eigenvalue weighted by molar-refractivity contribution is 6.23. The van der Waals surface area contributed by atoms with Crippen LogP contribution in [0.25, 0.3) is 4.85 Å². The monoisotopic (exact) mass is 323 g/mol. The normalized spacial score (nSPS) is 20.0. The highest BCUT2D eigenvalue weighted by Gasteiger charge is 2.59. The van der Waals surface area contributed by atoms with E-state index in [4.69, 9.17) is 6.57 Å². The van der Waals surface area contributed by atoms with Gasteiger partial charge in [0, 0.05) is 7.05 Å². The molecule has 1 aliphatic carbocycles. The van der Waals surface area contributed by atoms with Crippen molar-refractivity contribution in [2.75, 3.05) is 11.9 Å². The fraction of sp³-hybridized carbons (Fsp3) is 0.400. The topological polar surface area (TPSA) is 45.0 Å². The Hall–Kier alpha value is -2.56. The fourth-order valence-electron chi connectivity index (χ4n) is 3.05. The fourth-order valence-corrected chi connectivity index (χ4v) is 3.05. The Bertz CT molecular complexity index is 747. The molecular weight excluding hydrogens is 311 g/mol. The number of hydrogen-bond donors (Lipinski definition) is 0. The summed E-state index contributed by atoms with van der Waals surface area (Å²) in [6.07, 6.45) is -2.92. The number of benzene rings is 1. The summed E-state index contributed by atoms with van der Waals surface area (Å²) < 4.78 is 39.2. The van der Waals surface area contributed by atoms with Crippen LogP contribution in [0.3, 0.4) is 0 Å². The molecule has 1 aromatic rings. The van der Waals surface area contributed by atoms with Crippen molar-refractivity contribution in [2.24, 2.45) is 0 Å². The van der Waals surface area contributed by atoms with Gasteiger partial charge in [0.2, 0.25) is 0 Å². The average Bonchev–Trinajstić information content (AvgIpc) is 2.64. The lowest BCUT2D eigenvalue weighted by Gasteiger charge is -2.40. The number of carbonyl (C=O) groups excluding carboxylic acids is 2. The molecule has 1 heterocycles. The summed E-state index contributed by atoms with van der Waals surface area (Å²) >= 11 is 0. The van der Waals surface area contributed by atoms with E-state index in [9.17, 15) is 22.8 Å². The highest BCUT2D eigenvalue weighted by atomic mass is 19.4. The summed E-state index contributed by atoms with van der Waals surface area (Å²) in [4.78, 5) is 29.8. The second kappa shape index (κ2) is 4.72. The third-order valence-corrected chi connectivity index (χ3v) is 4.57. The zero-order valence-corrected chi connectivity index (χ0v) is 12.1. The molecule has 3 rings (SSSR count). The lowest BCUT2D eigenvalue weighted by Crippen LogP contribution is -2.53. The summed E-state index contributed by atoms with van der Waals surface area (Å²) in [5.41, 5.74) is -2.79. The van der Waals surface area contributed by atoms with E-state index < -0.39 is 34.9 Å². The summed E-state index contributed by atoms with van der Waals surface area (Å²) in [5.74, 6) is -0.500. The lowest BCUT2D eigenvalue weighted by molar-refractivity contribution is -0.137. The first kappa shape index (κ1) is 15.3. The minimum Gasteiger partial charge on any atom is -0.312 e. The largest absolute Gasteiger partial charge is 0.407 e. The number of rotatable bonds is 1. The molecule has 1 aliphatic heterocycles. The molecule has 120 valence electrons. The molecule has 5 nitrogen and oxygen atoms in total. The van der Waals surface area contributed by atoms with Crippen molar-refractivity contribution >= 4 is 23.3 Å². The van der Waals surface area contributed by atoms with Crippen molar-refractivity contribution in [3.63, 3.8) is 0 Å². The molecule has 1 spiro atoms. The van der Waals surface area contributed by atoms with Gasteiger partial charge in [0.15, 0.2) is 5.69 Å². The van der Waals surface area contributed by atoms with Gasteiger partial charge in [0.05, 0.1) is 17.8 Å². The number of nitrogens with zero attached hydrogens (tertiary/aromatic N) is 3. The first-order valence-electron chi connectivity index (χ1n) is 6.93. The van der Waals surface area contributed by atoms with E-state index in [1.54, 1.807) is 0 Å². The van der Waals surface area contributed by atoms with Gasteiger partial charge in [-0.05, 0) is 31.4 Å². The number of amides is 3. The van der Waals surface area contributed by atoms with Crippen molar-refractivity contribution < 1.29 is 22.8 Å². The van der Waals surface area contributed by atoms with Gasteiger partial charge in [0.1, 0.15) is 5.54 Å². The second-order valence-corrected chi connectivity index (χ2v) is 5.68. The Morgan fingerprint density at radius 3 is 2.35 bits per heavy atom. The molecule has 0 bridgehead atoms. The Morgan fingerprint density at radius 1 is 1.26 bits per heavy atom. The van der Waals surface area contributed by atoms with Crippen LogP contribution in [0.2, 0.25) is 0 Å². The molecule has 1 saturated heterocycles. The highest BCUT2D eigenvalue weighted by Crippen LogP contribution is 2.46. The first-order valence-corrected chi connectivity index (χ1v) is 6.93. The maximum atomic E-state index is 13.1. The molecule has 2 fully saturated rings. The minimum atomic E-state index is -4.73. The number of halogens is 3. The van der Waals surface area contributed by atoms with Gasteiger partial charge in [-0.2, -0.15) is 13.2 Å². The van der Waals surface area contributed by atoms with Crippen LogP contribution in [0.5, 0.6) is 0 Å². The van der Waals surface area contributed by atoms with E-state index >= 15 is 0 Å². The van der Waals surface area contributed by atoms with Crippen molar-refractivity contribution in [2.45, 2.75) is 31.0 Å². The quantitative estimate of drug-likeness (QED) is 0.586. The first-order chi connectivity index (χ1) is 10.7. The molecule has 1 saturated carbocycles. The number of carbonyl (C=O) groups is 2. The number of alkyl halides is 3. The molecule has 8 heteroatoms. The number of likely N-dealkylation sites (N-methyl/N-ethyl adjacent to an activating group) is 1. The Balaban J connectivity index is 2.08. The minimum absolute atomic E-state index is 0.157. The van der Waals surface area contributed by atoms with Crippen LogP contribution in [-0.2, 0) is 11.0 Å². The van der Waals surface area contributed by atoms with Crippen LogP contribution in [-0.4, -0.2) is 29.4 Å². The van der Waals surface area contributed by atoms with E-state index in [0.717, 1.165) is 17.4 Å². The zero-order valence-electron chi connectivity index (χ0n) is 12.1. The number of urea groups is 1. The van der Waals surface area contributed by atoms with E-state index in [0.29, 0.717) is 18.9 Å². The van der Waals surface area contributed by atoms with Gasteiger partial charge in [-0.1, -0.05) is 6.07 Å². The van der Waals surface area contributed by atoms with Gasteiger partial charge < -0.3 is 4.90 Å². The van der Waals surface area contributed by atoms with Crippen LogP contribution in [0.15, 0.2) is 18.2 Å². The van der Waals surface area contributed by atoms with Gasteiger partial charge >= 0.3 is 12.2 Å². The molecule has 0 N–H and O–H groups in total. The van der Waals surface area contributed by atoms with Crippen LogP contribution < -0.4 is 4.90 Å². The summed E-state index contributed by atoms with van der Waals surface area (Å²) in [7, 11) is 1.48. The van der Waals surface area contributed by atoms with Crippen LogP contribution in [0.4, 0.5) is 29.3 Å². The summed E-state index contributed by atoms with van der Waals surface area (Å²) in [5, 5.41) is 0. The van der Waals surface area contributed by atoms with Gasteiger partial charge in [-0.3, -0.25) is 4.79 Å². The van der Waals surface area contributed by atoms with E-state index in [1.165, 1.54) is 18.0 Å². The van der Waals surface area contributed by atoms with Crippen LogP contribution in [0.1, 0.15) is 24.8 Å². The van der Waals surface area contributed by atoms with E-state index in [1.807, 2.05) is 0 Å². The maximum absolute atomic E-state index is 13.1. The average molecular weight is 323 g/mol. The number of anilines is 1. The van der Waals surface area contributed by atoms with E-state index in [-0.39, 0.29) is 5.69 Å². The summed E-state index contributed by atoms with van der Waals surface area (Å²) in [6.45, 7) is 6.83. The molecule has 23 heavy (non-hydrogen) atoms. The molecule has 2 aliphatic rings. The van der Waals surface area contributed by atoms with Crippen molar-refractivity contribution in [3.8, 4) is 0 Å². The Kier molecular flexibility index (Phi) is 3.15. The second-order valence-electron chi connectivity index (χ2n) is 5.68. The molecule has 0 aromatic heterocycles. The standard InChI is InChI=1S/C15H12F3N3O2/c1-19-11-5-4-9(8-10(11)15(16,17)18)21-12(22)14(6-3-7-14)20(2)13(21)23/h4-5,8H,3,6-7H2,2H3. The molecule has 3 amide bonds. The molecule has 0 radical (unpaired) electrons. The maximum Gasteiger partial charge on any atom is 0.407 e. The van der Waals surface area contributed by atoms with Gasteiger partial charge in [-0.25, -0.2) is 14.5 Å². The molecule has 1 aromatic carbocycles. The molecular formula is C15H12F3N3O2. The smallest absolute Gasteiger partial charge is 0.312 e. The van der Waals surface area contributed by atoms with Crippen LogP contribution in [0, 0.1) is 6.57 Å². The van der Waals surface area contributed by atoms with Crippen molar-refractivity contribution in [3.05, 3.63) is 35.2 Å². The van der Waals surface area contributed by atoms with Crippen LogP contribution >= 0.6 is 0 Å². The SMILES string of the molecule is [C-]#[N+]c1ccc(N2C(=O)N(C)C3(CCC3)C2=O)cc1C(F)(F)F. The number of hydrogen-bond acceptors (Lipinski definition) is 2. The van der Waals surface area contributed by atoms with Gasteiger partial charge in [0.25, 0.3) is 5.91 Å². The molecule has 0 unspecified atom stereocenters. The zero-order chi connectivity index (χ0) is 17.0. The molecule has 0 atom stereocenters. The van der Waals surface area contributed by atoms with Crippen molar-refractivity contribution in [1.82, 2.24) is 4.90 Å². The predicted molar refractivity (Wildman–Crippen MR) is 74.9 cm³/mol. The number of imide groups is 1. The third-order valence-electron chi connectivity index (χ3n) is 4.57. The summed E-state index contributed by atoms with van der Waals surface area (Å²) in [6, 6.07) is 2.23. The van der Waals surface area contributed by atoms with E-state index in [2.05, 4.69) is 4.85 Å². The third kappa shape index (κ3) is 2.00. The van der Waals surface area contributed by atoms with Gasteiger partial charge in [-0.15, -0.1) is 0 Å². The lowest BCUT2D eigenvalue weighted by atomic mass is 9.76. The predicted octanol–water partition coefficient (Wildman–Crippen LogP) is 3.58. The Labute approximate surface area is 130 Å². The van der Waals surface area contributed by atoms with Crippen molar-refractivity contribution in [1.29, 1.82) is 0 Å².